The lowest BCUT2D eigenvalue weighted by Crippen LogP contribution is -2.59. The summed E-state index contributed by atoms with van der Waals surface area (Å²) in [6.45, 7) is 8.63. The van der Waals surface area contributed by atoms with Crippen molar-refractivity contribution in [3.63, 3.8) is 0 Å². The minimum absolute atomic E-state index is 0.0820. The largest absolute Gasteiger partial charge is 0.480 e. The molecule has 0 heterocycles. The van der Waals surface area contributed by atoms with Crippen LogP contribution in [0.1, 0.15) is 41.0 Å². The summed E-state index contributed by atoms with van der Waals surface area (Å²) in [7, 11) is 0. The van der Waals surface area contributed by atoms with E-state index in [4.69, 9.17) is 10.8 Å². The van der Waals surface area contributed by atoms with Crippen molar-refractivity contribution >= 4 is 36.3 Å². The van der Waals surface area contributed by atoms with Gasteiger partial charge >= 0.3 is 5.97 Å². The summed E-state index contributed by atoms with van der Waals surface area (Å²) in [4.78, 5) is 48.2. The second kappa shape index (κ2) is 11.8. The fourth-order valence-corrected chi connectivity index (χ4v) is 2.46. The van der Waals surface area contributed by atoms with Crippen molar-refractivity contribution in [2.45, 2.75) is 65.2 Å². The van der Waals surface area contributed by atoms with Gasteiger partial charge in [0.25, 0.3) is 0 Å². The van der Waals surface area contributed by atoms with Crippen molar-refractivity contribution in [3.05, 3.63) is 0 Å². The zero-order chi connectivity index (χ0) is 21.3. The number of carboxylic acids is 1. The summed E-state index contributed by atoms with van der Waals surface area (Å²) >= 11 is 3.92. The Balaban J connectivity index is 5.35. The summed E-state index contributed by atoms with van der Waals surface area (Å²) in [6, 6.07) is -3.76. The number of nitrogens with two attached hydrogens (primary N) is 1. The second-order valence-corrected chi connectivity index (χ2v) is 7.34. The van der Waals surface area contributed by atoms with E-state index in [-0.39, 0.29) is 17.6 Å². The van der Waals surface area contributed by atoms with E-state index in [2.05, 4.69) is 28.6 Å². The number of aliphatic carboxylic acids is 1. The third-order valence-electron chi connectivity index (χ3n) is 4.25. The molecule has 27 heavy (non-hydrogen) atoms. The highest BCUT2D eigenvalue weighted by Gasteiger charge is 2.33. The number of thiol groups is 1. The summed E-state index contributed by atoms with van der Waals surface area (Å²) in [5.74, 6) is -3.40. The normalized spacial score (nSPS) is 16.6. The first-order valence-corrected chi connectivity index (χ1v) is 9.59. The number of nitrogens with one attached hydrogen (secondary N) is 3. The lowest BCUT2D eigenvalue weighted by atomic mass is 9.96. The monoisotopic (exact) mass is 404 g/mol. The van der Waals surface area contributed by atoms with Gasteiger partial charge in [-0.1, -0.05) is 34.1 Å². The molecule has 0 radical (unpaired) electrons. The van der Waals surface area contributed by atoms with Crippen LogP contribution >= 0.6 is 12.6 Å². The zero-order valence-electron chi connectivity index (χ0n) is 16.5. The fraction of sp³-hybridized carbons (Fsp3) is 0.765. The number of carbonyl (C=O) groups is 4. The van der Waals surface area contributed by atoms with Crippen molar-refractivity contribution in [1.82, 2.24) is 16.0 Å². The molecule has 0 aromatic carbocycles. The van der Waals surface area contributed by atoms with Crippen molar-refractivity contribution in [2.24, 2.45) is 17.6 Å². The van der Waals surface area contributed by atoms with Crippen LogP contribution in [0.5, 0.6) is 0 Å². The Labute approximate surface area is 165 Å². The van der Waals surface area contributed by atoms with Crippen LogP contribution in [0.2, 0.25) is 0 Å². The Kier molecular flexibility index (Phi) is 11.0. The maximum absolute atomic E-state index is 12.7. The van der Waals surface area contributed by atoms with Crippen LogP contribution in [0, 0.1) is 11.8 Å². The summed E-state index contributed by atoms with van der Waals surface area (Å²) < 4.78 is 0. The van der Waals surface area contributed by atoms with Crippen molar-refractivity contribution in [3.8, 4) is 0 Å². The van der Waals surface area contributed by atoms with Crippen LogP contribution in [-0.4, -0.2) is 58.7 Å². The van der Waals surface area contributed by atoms with Gasteiger partial charge in [0.2, 0.25) is 17.7 Å². The Morgan fingerprint density at radius 3 is 1.78 bits per heavy atom. The molecule has 0 saturated heterocycles. The van der Waals surface area contributed by atoms with Crippen LogP contribution < -0.4 is 21.7 Å². The van der Waals surface area contributed by atoms with Crippen LogP contribution in [0.15, 0.2) is 0 Å². The minimum Gasteiger partial charge on any atom is -0.480 e. The molecule has 0 aliphatic carbocycles. The first-order chi connectivity index (χ1) is 12.5. The Morgan fingerprint density at radius 1 is 0.926 bits per heavy atom. The SMILES string of the molecule is CCC(C)C(NC(=O)C(NC(=O)C(C)N)C(C)C)C(=O)NC(CS)C(=O)O. The van der Waals surface area contributed by atoms with E-state index < -0.39 is 47.9 Å². The molecule has 0 aliphatic heterocycles. The molecular weight excluding hydrogens is 372 g/mol. The van der Waals surface area contributed by atoms with E-state index in [0.29, 0.717) is 6.42 Å². The molecule has 5 unspecified atom stereocenters. The maximum atomic E-state index is 12.7. The van der Waals surface area contributed by atoms with Crippen LogP contribution in [-0.2, 0) is 19.2 Å². The predicted octanol–water partition coefficient (Wildman–Crippen LogP) is -0.495. The number of hydrogen-bond acceptors (Lipinski definition) is 6. The number of hydrogen-bond donors (Lipinski definition) is 6. The predicted molar refractivity (Wildman–Crippen MR) is 105 cm³/mol. The van der Waals surface area contributed by atoms with Crippen molar-refractivity contribution < 1.29 is 24.3 Å². The molecule has 0 spiro atoms. The van der Waals surface area contributed by atoms with Crippen molar-refractivity contribution in [1.29, 1.82) is 0 Å². The highest BCUT2D eigenvalue weighted by atomic mass is 32.1. The maximum Gasteiger partial charge on any atom is 0.327 e. The van der Waals surface area contributed by atoms with Gasteiger partial charge < -0.3 is 26.8 Å². The molecule has 5 atom stereocenters. The van der Waals surface area contributed by atoms with Gasteiger partial charge in [-0.15, -0.1) is 0 Å². The molecule has 6 N–H and O–H groups in total. The standard InChI is InChI=1S/C17H32N4O5S/c1-6-9(4)13(16(24)19-11(7-27)17(25)26)21-15(23)12(8(2)3)20-14(22)10(5)18/h8-13,27H,6-7,18H2,1-5H3,(H,19,24)(H,20,22)(H,21,23)(H,25,26). The fourth-order valence-electron chi connectivity index (χ4n) is 2.21. The van der Waals surface area contributed by atoms with Gasteiger partial charge in [0.05, 0.1) is 6.04 Å². The molecule has 3 amide bonds. The van der Waals surface area contributed by atoms with Gasteiger partial charge in [0.1, 0.15) is 18.1 Å². The van der Waals surface area contributed by atoms with E-state index in [1.54, 1.807) is 20.8 Å². The van der Waals surface area contributed by atoms with Gasteiger partial charge in [-0.3, -0.25) is 14.4 Å². The summed E-state index contributed by atoms with van der Waals surface area (Å²) in [6.07, 6.45) is 0.579. The molecule has 156 valence electrons. The Bertz CT molecular complexity index is 541. The van der Waals surface area contributed by atoms with E-state index in [1.807, 2.05) is 6.92 Å². The van der Waals surface area contributed by atoms with E-state index in [9.17, 15) is 19.2 Å². The highest BCUT2D eigenvalue weighted by molar-refractivity contribution is 7.80. The molecular formula is C17H32N4O5S. The van der Waals surface area contributed by atoms with Gasteiger partial charge in [-0.2, -0.15) is 12.6 Å². The molecule has 0 saturated carbocycles. The number of carboxylic acid groups (broad SMARTS) is 1. The van der Waals surface area contributed by atoms with Gasteiger partial charge in [-0.25, -0.2) is 4.79 Å². The Morgan fingerprint density at radius 2 is 1.41 bits per heavy atom. The van der Waals surface area contributed by atoms with E-state index in [0.717, 1.165) is 0 Å². The lowest BCUT2D eigenvalue weighted by molar-refractivity contribution is -0.142. The van der Waals surface area contributed by atoms with Crippen LogP contribution in [0.4, 0.5) is 0 Å². The van der Waals surface area contributed by atoms with Crippen molar-refractivity contribution in [2.75, 3.05) is 5.75 Å². The molecule has 9 nitrogen and oxygen atoms in total. The first kappa shape index (κ1) is 25.2. The summed E-state index contributed by atoms with van der Waals surface area (Å²) in [5, 5.41) is 16.7. The number of carbonyl (C=O) groups excluding carboxylic acids is 3. The first-order valence-electron chi connectivity index (χ1n) is 8.96. The molecule has 0 fully saturated rings. The zero-order valence-corrected chi connectivity index (χ0v) is 17.4. The van der Waals surface area contributed by atoms with Crippen LogP contribution in [0.3, 0.4) is 0 Å². The topological polar surface area (TPSA) is 151 Å². The average Bonchev–Trinajstić information content (AvgIpc) is 2.59. The van der Waals surface area contributed by atoms with Gasteiger partial charge in [0.15, 0.2) is 0 Å². The number of amides is 3. The third kappa shape index (κ3) is 8.17. The molecule has 10 heteroatoms. The average molecular weight is 405 g/mol. The second-order valence-electron chi connectivity index (χ2n) is 6.97. The minimum atomic E-state index is -1.21. The summed E-state index contributed by atoms with van der Waals surface area (Å²) in [5.41, 5.74) is 5.53. The van der Waals surface area contributed by atoms with Crippen LogP contribution in [0.25, 0.3) is 0 Å². The van der Waals surface area contributed by atoms with Gasteiger partial charge in [-0.05, 0) is 18.8 Å². The molecule has 0 rings (SSSR count). The quantitative estimate of drug-likeness (QED) is 0.256. The van der Waals surface area contributed by atoms with E-state index >= 15 is 0 Å². The molecule has 0 aromatic heterocycles. The Hall–Kier alpha value is -1.81. The third-order valence-corrected chi connectivity index (χ3v) is 4.62. The van der Waals surface area contributed by atoms with Gasteiger partial charge in [0, 0.05) is 5.75 Å². The lowest BCUT2D eigenvalue weighted by Gasteiger charge is -2.29. The molecule has 0 aliphatic rings. The number of rotatable bonds is 11. The smallest absolute Gasteiger partial charge is 0.327 e. The molecule has 0 bridgehead atoms. The molecule has 0 aromatic rings. The van der Waals surface area contributed by atoms with E-state index in [1.165, 1.54) is 6.92 Å². The highest BCUT2D eigenvalue weighted by Crippen LogP contribution is 2.11.